The molecule has 0 bridgehead atoms. The second-order valence-corrected chi connectivity index (χ2v) is 7.44. The van der Waals surface area contributed by atoms with Gasteiger partial charge in [-0.2, -0.15) is 0 Å². The summed E-state index contributed by atoms with van der Waals surface area (Å²) in [7, 11) is 0. The molecular formula is C26H25F2NO7. The highest BCUT2D eigenvalue weighted by atomic mass is 19.1. The van der Waals surface area contributed by atoms with E-state index in [9.17, 15) is 28.0 Å². The van der Waals surface area contributed by atoms with E-state index in [-0.39, 0.29) is 43.7 Å². The molecule has 1 atom stereocenters. The van der Waals surface area contributed by atoms with Crippen molar-refractivity contribution in [3.8, 4) is 0 Å². The Balaban J connectivity index is 1.95. The third kappa shape index (κ3) is 9.54. The number of amides is 1. The minimum atomic E-state index is -1.53. The molecule has 0 aliphatic rings. The molecule has 1 N–H and O–H groups in total. The van der Waals surface area contributed by atoms with Gasteiger partial charge in [0.15, 0.2) is 5.94 Å². The number of hydrogen-bond donors (Lipinski definition) is 1. The monoisotopic (exact) mass is 501 g/mol. The van der Waals surface area contributed by atoms with Crippen LogP contribution in [0.4, 0.5) is 13.6 Å². The maximum absolute atomic E-state index is 13.4. The largest absolute Gasteiger partial charge is 0.484 e. The van der Waals surface area contributed by atoms with Crippen molar-refractivity contribution in [3.05, 3.63) is 82.6 Å². The number of ether oxygens (including phenoxy) is 3. The number of benzene rings is 2. The van der Waals surface area contributed by atoms with Gasteiger partial charge in [0.25, 0.3) is 0 Å². The van der Waals surface area contributed by atoms with Crippen LogP contribution in [0.2, 0.25) is 0 Å². The summed E-state index contributed by atoms with van der Waals surface area (Å²) in [6.07, 6.45) is -2.52. The first-order valence-corrected chi connectivity index (χ1v) is 11.1. The molecule has 0 aliphatic heterocycles. The summed E-state index contributed by atoms with van der Waals surface area (Å²) in [6.45, 7) is 1.79. The van der Waals surface area contributed by atoms with Gasteiger partial charge in [0, 0.05) is 12.6 Å². The maximum Gasteiger partial charge on any atom is 0.407 e. The molecule has 36 heavy (non-hydrogen) atoms. The van der Waals surface area contributed by atoms with Crippen molar-refractivity contribution in [3.63, 3.8) is 0 Å². The third-order valence-electron chi connectivity index (χ3n) is 4.71. The quantitative estimate of drug-likeness (QED) is 0.193. The average molecular weight is 501 g/mol. The molecule has 1 amide bonds. The van der Waals surface area contributed by atoms with Gasteiger partial charge in [0.05, 0.1) is 18.6 Å². The van der Waals surface area contributed by atoms with Crippen LogP contribution in [0.1, 0.15) is 30.9 Å². The first-order chi connectivity index (χ1) is 17.4. The Hall–Kier alpha value is -4.26. The van der Waals surface area contributed by atoms with Crippen LogP contribution < -0.4 is 5.32 Å². The fourth-order valence-electron chi connectivity index (χ4n) is 3.13. The second-order valence-electron chi connectivity index (χ2n) is 7.44. The second kappa shape index (κ2) is 14.9. The highest BCUT2D eigenvalue weighted by Gasteiger charge is 2.27. The third-order valence-corrected chi connectivity index (χ3v) is 4.71. The molecule has 190 valence electrons. The lowest BCUT2D eigenvalue weighted by molar-refractivity contribution is -0.146. The molecule has 0 radical (unpaired) electrons. The van der Waals surface area contributed by atoms with Crippen LogP contribution in [0.15, 0.2) is 59.9 Å². The van der Waals surface area contributed by atoms with Crippen molar-refractivity contribution in [1.29, 1.82) is 0 Å². The summed E-state index contributed by atoms with van der Waals surface area (Å²) in [5.74, 6) is -0.0207. The van der Waals surface area contributed by atoms with E-state index in [0.29, 0.717) is 6.07 Å². The standard InChI is InChI=1S/C26H25F2NO7/c1-2-34-23(16-31)25(36-24(32)13-19-11-21(27)14-22(28)12-19)20(15-30)9-6-10-29-26(33)35-17-18-7-4-3-5-8-18/h3-5,7-8,11-12,14,25H,2,6,9-10,13,17H2,1H3,(H,29,33). The Morgan fingerprint density at radius 3 is 2.28 bits per heavy atom. The zero-order chi connectivity index (χ0) is 26.3. The van der Waals surface area contributed by atoms with E-state index >= 15 is 0 Å². The van der Waals surface area contributed by atoms with E-state index in [2.05, 4.69) is 5.32 Å². The summed E-state index contributed by atoms with van der Waals surface area (Å²) in [6, 6.07) is 11.6. The maximum atomic E-state index is 13.4. The Kier molecular flexibility index (Phi) is 11.6. The van der Waals surface area contributed by atoms with Crippen molar-refractivity contribution in [2.45, 2.75) is 38.9 Å². The van der Waals surface area contributed by atoms with Gasteiger partial charge < -0.3 is 19.5 Å². The van der Waals surface area contributed by atoms with E-state index in [4.69, 9.17) is 14.2 Å². The number of nitrogens with one attached hydrogen (secondary N) is 1. The Morgan fingerprint density at radius 2 is 1.67 bits per heavy atom. The van der Waals surface area contributed by atoms with Crippen LogP contribution in [0.25, 0.3) is 0 Å². The summed E-state index contributed by atoms with van der Waals surface area (Å²) >= 11 is 0. The Bertz CT molecular complexity index is 1120. The molecular weight excluding hydrogens is 476 g/mol. The number of rotatable bonds is 13. The fourth-order valence-corrected chi connectivity index (χ4v) is 3.13. The van der Waals surface area contributed by atoms with Crippen molar-refractivity contribution in [2.75, 3.05) is 13.2 Å². The summed E-state index contributed by atoms with van der Waals surface area (Å²) < 4.78 is 42.3. The van der Waals surface area contributed by atoms with Crippen molar-refractivity contribution < 1.29 is 42.2 Å². The number of halogens is 2. The summed E-state index contributed by atoms with van der Waals surface area (Å²) in [5.41, 5.74) is 0.674. The molecule has 1 unspecified atom stereocenters. The van der Waals surface area contributed by atoms with Gasteiger partial charge in [-0.15, -0.1) is 0 Å². The van der Waals surface area contributed by atoms with E-state index in [1.165, 1.54) is 5.94 Å². The number of carbonyl (C=O) groups is 2. The number of hydrogen-bond acceptors (Lipinski definition) is 7. The molecule has 2 aromatic carbocycles. The number of carbonyl (C=O) groups excluding carboxylic acids is 4. The molecule has 0 saturated carbocycles. The van der Waals surface area contributed by atoms with Crippen LogP contribution >= 0.6 is 0 Å². The van der Waals surface area contributed by atoms with Crippen LogP contribution in [0.3, 0.4) is 0 Å². The van der Waals surface area contributed by atoms with Crippen LogP contribution in [0, 0.1) is 11.6 Å². The van der Waals surface area contributed by atoms with Crippen LogP contribution in [-0.2, 0) is 41.6 Å². The highest BCUT2D eigenvalue weighted by molar-refractivity contribution is 5.74. The highest BCUT2D eigenvalue weighted by Crippen LogP contribution is 2.20. The number of esters is 1. The molecule has 0 saturated heterocycles. The first-order valence-electron chi connectivity index (χ1n) is 11.1. The van der Waals surface area contributed by atoms with Gasteiger partial charge in [0.1, 0.15) is 24.2 Å². The molecule has 2 rings (SSSR count). The lowest BCUT2D eigenvalue weighted by Crippen LogP contribution is -2.28. The minimum Gasteiger partial charge on any atom is -0.484 e. The fraction of sp³-hybridized carbons (Fsp3) is 0.308. The van der Waals surface area contributed by atoms with E-state index in [1.54, 1.807) is 25.0 Å². The Labute approximate surface area is 206 Å². The molecule has 0 spiro atoms. The smallest absolute Gasteiger partial charge is 0.407 e. The summed E-state index contributed by atoms with van der Waals surface area (Å²) in [5, 5.41) is 2.53. The topological polar surface area (TPSA) is 108 Å². The van der Waals surface area contributed by atoms with Crippen molar-refractivity contribution in [1.82, 2.24) is 5.32 Å². The zero-order valence-electron chi connectivity index (χ0n) is 19.6. The van der Waals surface area contributed by atoms with E-state index < -0.39 is 42.0 Å². The minimum absolute atomic E-state index is 0.000796. The van der Waals surface area contributed by atoms with Crippen LogP contribution in [-0.4, -0.2) is 43.2 Å². The molecule has 0 fully saturated rings. The average Bonchev–Trinajstić information content (AvgIpc) is 2.85. The SMILES string of the molecule is CCOC(=C=O)C(OC(=O)Cc1cc(F)cc(F)c1)C(=C=O)CCCNC(=O)OCc1ccccc1. The lowest BCUT2D eigenvalue weighted by atomic mass is 10.0. The normalized spacial score (nSPS) is 10.9. The lowest BCUT2D eigenvalue weighted by Gasteiger charge is -2.19. The Morgan fingerprint density at radius 1 is 0.972 bits per heavy atom. The predicted molar refractivity (Wildman–Crippen MR) is 124 cm³/mol. The predicted octanol–water partition coefficient (Wildman–Crippen LogP) is 3.64. The molecule has 0 aliphatic carbocycles. The first kappa shape index (κ1) is 28.0. The molecule has 0 aromatic heterocycles. The summed E-state index contributed by atoms with van der Waals surface area (Å²) in [4.78, 5) is 47.3. The van der Waals surface area contributed by atoms with Gasteiger partial charge in [0.2, 0.25) is 11.9 Å². The van der Waals surface area contributed by atoms with E-state index in [1.807, 2.05) is 18.2 Å². The van der Waals surface area contributed by atoms with Crippen molar-refractivity contribution in [2.24, 2.45) is 0 Å². The number of alkyl carbamates (subject to hydrolysis) is 1. The van der Waals surface area contributed by atoms with Crippen molar-refractivity contribution >= 4 is 23.9 Å². The molecule has 10 heteroatoms. The van der Waals surface area contributed by atoms with Gasteiger partial charge >= 0.3 is 12.1 Å². The van der Waals surface area contributed by atoms with Crippen LogP contribution in [0.5, 0.6) is 0 Å². The van der Waals surface area contributed by atoms with Gasteiger partial charge in [-0.3, -0.25) is 4.79 Å². The van der Waals surface area contributed by atoms with Gasteiger partial charge in [-0.05, 0) is 43.0 Å². The molecule has 0 heterocycles. The zero-order valence-corrected chi connectivity index (χ0v) is 19.6. The van der Waals surface area contributed by atoms with E-state index in [0.717, 1.165) is 17.7 Å². The van der Waals surface area contributed by atoms with Gasteiger partial charge in [-0.25, -0.2) is 23.2 Å². The van der Waals surface area contributed by atoms with Gasteiger partial charge in [-0.1, -0.05) is 30.3 Å². The molecule has 8 nitrogen and oxygen atoms in total. The molecule has 2 aromatic rings.